The van der Waals surface area contributed by atoms with Gasteiger partial charge in [-0.3, -0.25) is 4.79 Å². The Kier molecular flexibility index (Phi) is 4.06. The fraction of sp³-hybridized carbons (Fsp3) is 0.875. The van der Waals surface area contributed by atoms with Gasteiger partial charge in [-0.1, -0.05) is 0 Å². The normalized spacial score (nSPS) is 22.5. The maximum Gasteiger partial charge on any atom is 0.235 e. The zero-order valence-electron chi connectivity index (χ0n) is 8.77. The summed E-state index contributed by atoms with van der Waals surface area (Å²) in [7, 11) is -3.18. The van der Waals surface area contributed by atoms with Crippen LogP contribution >= 0.6 is 0 Å². The summed E-state index contributed by atoms with van der Waals surface area (Å²) in [6.07, 6.45) is 0.599. The Morgan fingerprint density at radius 1 is 1.60 bits per heavy atom. The highest BCUT2D eigenvalue weighted by Crippen LogP contribution is 2.12. The molecule has 0 spiro atoms. The summed E-state index contributed by atoms with van der Waals surface area (Å²) in [6.45, 7) is 2.47. The molecule has 1 aliphatic heterocycles. The van der Waals surface area contributed by atoms with E-state index in [0.29, 0.717) is 19.5 Å². The van der Waals surface area contributed by atoms with E-state index < -0.39 is 10.0 Å². The average molecular weight is 235 g/mol. The minimum absolute atomic E-state index is 0.0906. The van der Waals surface area contributed by atoms with Gasteiger partial charge in [-0.2, -0.15) is 4.31 Å². The van der Waals surface area contributed by atoms with E-state index in [4.69, 9.17) is 5.73 Å². The lowest BCUT2D eigenvalue weighted by molar-refractivity contribution is -0.121. The van der Waals surface area contributed by atoms with Gasteiger partial charge in [0, 0.05) is 19.1 Å². The molecule has 0 bridgehead atoms. The predicted octanol–water partition coefficient (Wildman–Crippen LogP) is -1.51. The number of nitrogens with zero attached hydrogens (tertiary/aromatic N) is 1. The standard InChI is InChI=1S/C8H17N3O3S/c1-7(5-9)10-8(12)6-11-3-2-4-15(11,13)14/h7H,2-6,9H2,1H3,(H,10,12)/t7-/m1/s1. The molecule has 1 saturated heterocycles. The minimum Gasteiger partial charge on any atom is -0.351 e. The van der Waals surface area contributed by atoms with Crippen molar-refractivity contribution in [3.8, 4) is 0 Å². The maximum absolute atomic E-state index is 11.4. The highest BCUT2D eigenvalue weighted by molar-refractivity contribution is 7.89. The zero-order chi connectivity index (χ0) is 11.5. The number of nitrogens with one attached hydrogen (secondary N) is 1. The van der Waals surface area contributed by atoms with Crippen LogP contribution in [-0.4, -0.2) is 50.1 Å². The minimum atomic E-state index is -3.18. The van der Waals surface area contributed by atoms with Crippen molar-refractivity contribution < 1.29 is 13.2 Å². The number of carbonyl (C=O) groups excluding carboxylic acids is 1. The molecule has 1 fully saturated rings. The van der Waals surface area contributed by atoms with Gasteiger partial charge < -0.3 is 11.1 Å². The van der Waals surface area contributed by atoms with Gasteiger partial charge in [0.2, 0.25) is 15.9 Å². The number of rotatable bonds is 4. The number of sulfonamides is 1. The highest BCUT2D eigenvalue weighted by Gasteiger charge is 2.29. The number of hydrogen-bond acceptors (Lipinski definition) is 4. The van der Waals surface area contributed by atoms with Gasteiger partial charge in [0.15, 0.2) is 0 Å². The molecule has 1 rings (SSSR count). The fourth-order valence-corrected chi connectivity index (χ4v) is 2.88. The lowest BCUT2D eigenvalue weighted by Crippen LogP contribution is -2.44. The Balaban J connectivity index is 2.45. The molecular formula is C8H17N3O3S. The van der Waals surface area contributed by atoms with Gasteiger partial charge in [-0.15, -0.1) is 0 Å². The molecule has 7 heteroatoms. The Labute approximate surface area is 89.9 Å². The predicted molar refractivity (Wildman–Crippen MR) is 56.6 cm³/mol. The Morgan fingerprint density at radius 2 is 2.27 bits per heavy atom. The van der Waals surface area contributed by atoms with E-state index >= 15 is 0 Å². The first-order valence-electron chi connectivity index (χ1n) is 4.93. The number of amides is 1. The Hall–Kier alpha value is -0.660. The van der Waals surface area contributed by atoms with E-state index in [1.807, 2.05) is 0 Å². The summed E-state index contributed by atoms with van der Waals surface area (Å²) in [4.78, 5) is 11.4. The van der Waals surface area contributed by atoms with E-state index in [0.717, 1.165) is 0 Å². The molecule has 15 heavy (non-hydrogen) atoms. The molecule has 0 radical (unpaired) electrons. The van der Waals surface area contributed by atoms with Gasteiger partial charge >= 0.3 is 0 Å². The Bertz CT molecular complexity index is 328. The van der Waals surface area contributed by atoms with E-state index in [9.17, 15) is 13.2 Å². The molecule has 0 unspecified atom stereocenters. The summed E-state index contributed by atoms with van der Waals surface area (Å²) in [5, 5.41) is 2.62. The second kappa shape index (κ2) is 4.91. The molecular weight excluding hydrogens is 218 g/mol. The van der Waals surface area contributed by atoms with E-state index in [2.05, 4.69) is 5.32 Å². The summed E-state index contributed by atoms with van der Waals surface area (Å²) in [5.41, 5.74) is 5.34. The molecule has 1 heterocycles. The molecule has 0 aromatic carbocycles. The molecule has 88 valence electrons. The topological polar surface area (TPSA) is 92.5 Å². The molecule has 0 aromatic rings. The molecule has 0 saturated carbocycles. The molecule has 0 aliphatic carbocycles. The Morgan fingerprint density at radius 3 is 2.73 bits per heavy atom. The van der Waals surface area contributed by atoms with Gasteiger partial charge in [0.25, 0.3) is 0 Å². The average Bonchev–Trinajstić information content (AvgIpc) is 2.45. The third kappa shape index (κ3) is 3.44. The van der Waals surface area contributed by atoms with Crippen molar-refractivity contribution in [3.63, 3.8) is 0 Å². The number of hydrogen-bond donors (Lipinski definition) is 2. The highest BCUT2D eigenvalue weighted by atomic mass is 32.2. The quantitative estimate of drug-likeness (QED) is 0.619. The van der Waals surface area contributed by atoms with Crippen LogP contribution < -0.4 is 11.1 Å². The third-order valence-electron chi connectivity index (χ3n) is 2.28. The van der Waals surface area contributed by atoms with Crippen LogP contribution in [0.3, 0.4) is 0 Å². The van der Waals surface area contributed by atoms with Crippen molar-refractivity contribution in [2.45, 2.75) is 19.4 Å². The van der Waals surface area contributed by atoms with Gasteiger partial charge in [-0.25, -0.2) is 8.42 Å². The van der Waals surface area contributed by atoms with Crippen LogP contribution in [0, 0.1) is 0 Å². The summed E-state index contributed by atoms with van der Waals surface area (Å²) in [5.74, 6) is -0.148. The maximum atomic E-state index is 11.4. The molecule has 3 N–H and O–H groups in total. The van der Waals surface area contributed by atoms with Crippen LogP contribution in [0.5, 0.6) is 0 Å². The molecule has 1 aliphatic rings. The van der Waals surface area contributed by atoms with E-state index in [-0.39, 0.29) is 24.2 Å². The molecule has 6 nitrogen and oxygen atoms in total. The largest absolute Gasteiger partial charge is 0.351 e. The first kappa shape index (κ1) is 12.4. The first-order chi connectivity index (χ1) is 6.95. The lowest BCUT2D eigenvalue weighted by Gasteiger charge is -2.16. The van der Waals surface area contributed by atoms with Crippen LogP contribution in [0.1, 0.15) is 13.3 Å². The van der Waals surface area contributed by atoms with Crippen molar-refractivity contribution in [2.75, 3.05) is 25.4 Å². The van der Waals surface area contributed by atoms with Crippen LogP contribution in [0.2, 0.25) is 0 Å². The summed E-state index contributed by atoms with van der Waals surface area (Å²) in [6, 6.07) is -0.122. The van der Waals surface area contributed by atoms with Crippen molar-refractivity contribution in [3.05, 3.63) is 0 Å². The lowest BCUT2D eigenvalue weighted by atomic mass is 10.3. The summed E-state index contributed by atoms with van der Waals surface area (Å²) < 4.78 is 24.0. The number of carbonyl (C=O) groups is 1. The first-order valence-corrected chi connectivity index (χ1v) is 6.54. The van der Waals surface area contributed by atoms with E-state index in [1.165, 1.54) is 4.31 Å². The van der Waals surface area contributed by atoms with Crippen molar-refractivity contribution in [1.82, 2.24) is 9.62 Å². The van der Waals surface area contributed by atoms with Crippen molar-refractivity contribution in [2.24, 2.45) is 5.73 Å². The van der Waals surface area contributed by atoms with Crippen LogP contribution in [-0.2, 0) is 14.8 Å². The van der Waals surface area contributed by atoms with Gasteiger partial charge in [0.05, 0.1) is 12.3 Å². The monoisotopic (exact) mass is 235 g/mol. The molecule has 0 aromatic heterocycles. The zero-order valence-corrected chi connectivity index (χ0v) is 9.59. The van der Waals surface area contributed by atoms with Crippen LogP contribution in [0.25, 0.3) is 0 Å². The van der Waals surface area contributed by atoms with Crippen LogP contribution in [0.15, 0.2) is 0 Å². The molecule has 1 atom stereocenters. The van der Waals surface area contributed by atoms with Crippen molar-refractivity contribution >= 4 is 15.9 Å². The van der Waals surface area contributed by atoms with E-state index in [1.54, 1.807) is 6.92 Å². The number of nitrogens with two attached hydrogens (primary N) is 1. The van der Waals surface area contributed by atoms with Gasteiger partial charge in [0.1, 0.15) is 0 Å². The third-order valence-corrected chi connectivity index (χ3v) is 4.19. The summed E-state index contributed by atoms with van der Waals surface area (Å²) >= 11 is 0. The molecule has 1 amide bonds. The second-order valence-electron chi connectivity index (χ2n) is 3.71. The smallest absolute Gasteiger partial charge is 0.235 e. The fourth-order valence-electron chi connectivity index (χ4n) is 1.41. The second-order valence-corrected chi connectivity index (χ2v) is 5.80. The van der Waals surface area contributed by atoms with Crippen molar-refractivity contribution in [1.29, 1.82) is 0 Å². The SMILES string of the molecule is C[C@H](CN)NC(=O)CN1CCCS1(=O)=O. The van der Waals surface area contributed by atoms with Crippen LogP contribution in [0.4, 0.5) is 0 Å². The van der Waals surface area contributed by atoms with Gasteiger partial charge in [-0.05, 0) is 13.3 Å².